The summed E-state index contributed by atoms with van der Waals surface area (Å²) in [5, 5.41) is 13.7. The molecule has 4 rings (SSSR count). The lowest BCUT2D eigenvalue weighted by Gasteiger charge is -2.03. The molecule has 2 heterocycles. The van der Waals surface area contributed by atoms with Crippen LogP contribution in [0.3, 0.4) is 0 Å². The number of hydrogen-bond acceptors (Lipinski definition) is 6. The van der Waals surface area contributed by atoms with E-state index in [-0.39, 0.29) is 12.4 Å². The van der Waals surface area contributed by atoms with Crippen LogP contribution in [-0.2, 0) is 6.61 Å². The Labute approximate surface area is 152 Å². The van der Waals surface area contributed by atoms with E-state index in [0.717, 1.165) is 16.3 Å². The summed E-state index contributed by atoms with van der Waals surface area (Å²) < 4.78 is 25.7. The number of halogens is 1. The van der Waals surface area contributed by atoms with Crippen molar-refractivity contribution in [2.45, 2.75) is 13.5 Å². The highest BCUT2D eigenvalue weighted by atomic mass is 32.1. The summed E-state index contributed by atoms with van der Waals surface area (Å²) in [6, 6.07) is 13.6. The van der Waals surface area contributed by atoms with Crippen molar-refractivity contribution in [1.82, 2.24) is 19.8 Å². The van der Waals surface area contributed by atoms with Crippen molar-refractivity contribution in [3.63, 3.8) is 0 Å². The zero-order valence-corrected chi connectivity index (χ0v) is 14.7. The first-order valence-electron chi connectivity index (χ1n) is 8.05. The van der Waals surface area contributed by atoms with E-state index in [0.29, 0.717) is 23.1 Å². The Morgan fingerprint density at radius 1 is 0.962 bits per heavy atom. The number of fused-ring (bicyclic) bond motifs is 1. The predicted molar refractivity (Wildman–Crippen MR) is 96.0 cm³/mol. The van der Waals surface area contributed by atoms with Gasteiger partial charge in [0.2, 0.25) is 4.96 Å². The van der Waals surface area contributed by atoms with E-state index in [4.69, 9.17) is 9.47 Å². The van der Waals surface area contributed by atoms with Crippen LogP contribution in [0.5, 0.6) is 11.5 Å². The van der Waals surface area contributed by atoms with Crippen molar-refractivity contribution >= 4 is 16.3 Å². The maximum atomic E-state index is 12.9. The van der Waals surface area contributed by atoms with Gasteiger partial charge in [0, 0.05) is 5.56 Å². The van der Waals surface area contributed by atoms with Gasteiger partial charge in [-0.3, -0.25) is 0 Å². The number of benzene rings is 2. The quantitative estimate of drug-likeness (QED) is 0.514. The largest absolute Gasteiger partial charge is 0.494 e. The SMILES string of the molecule is CCOc1ccc(-c2nn3c(COc4ccc(F)cc4)nnc3s2)cc1. The average molecular weight is 370 g/mol. The zero-order chi connectivity index (χ0) is 17.9. The van der Waals surface area contributed by atoms with Crippen molar-refractivity contribution in [2.75, 3.05) is 6.61 Å². The second kappa shape index (κ2) is 7.09. The topological polar surface area (TPSA) is 61.5 Å². The summed E-state index contributed by atoms with van der Waals surface area (Å²) in [4.78, 5) is 0.687. The van der Waals surface area contributed by atoms with Gasteiger partial charge in [-0.05, 0) is 55.5 Å². The first-order valence-corrected chi connectivity index (χ1v) is 8.87. The van der Waals surface area contributed by atoms with Crippen LogP contribution >= 0.6 is 11.3 Å². The Bertz CT molecular complexity index is 1010. The minimum atomic E-state index is -0.304. The van der Waals surface area contributed by atoms with Crippen molar-refractivity contribution in [2.24, 2.45) is 0 Å². The van der Waals surface area contributed by atoms with Gasteiger partial charge in [0.05, 0.1) is 6.61 Å². The molecule has 0 spiro atoms. The summed E-state index contributed by atoms with van der Waals surface area (Å²) >= 11 is 1.45. The third-order valence-electron chi connectivity index (χ3n) is 3.65. The molecule has 0 saturated heterocycles. The first-order chi connectivity index (χ1) is 12.7. The fourth-order valence-corrected chi connectivity index (χ4v) is 3.27. The Kier molecular flexibility index (Phi) is 4.49. The minimum absolute atomic E-state index is 0.194. The molecule has 0 aliphatic rings. The van der Waals surface area contributed by atoms with Gasteiger partial charge >= 0.3 is 0 Å². The Morgan fingerprint density at radius 3 is 2.38 bits per heavy atom. The Morgan fingerprint density at radius 2 is 1.65 bits per heavy atom. The molecule has 132 valence electrons. The summed E-state index contributed by atoms with van der Waals surface area (Å²) in [6.45, 7) is 2.78. The lowest BCUT2D eigenvalue weighted by molar-refractivity contribution is 0.292. The van der Waals surface area contributed by atoms with E-state index in [1.165, 1.54) is 23.5 Å². The highest BCUT2D eigenvalue weighted by Crippen LogP contribution is 2.27. The van der Waals surface area contributed by atoms with E-state index in [1.807, 2.05) is 31.2 Å². The van der Waals surface area contributed by atoms with Gasteiger partial charge < -0.3 is 9.47 Å². The van der Waals surface area contributed by atoms with Gasteiger partial charge in [-0.1, -0.05) is 11.3 Å². The average Bonchev–Trinajstić information content (AvgIpc) is 3.23. The van der Waals surface area contributed by atoms with Crippen molar-refractivity contribution in [1.29, 1.82) is 0 Å². The molecule has 0 saturated carbocycles. The van der Waals surface area contributed by atoms with E-state index < -0.39 is 0 Å². The van der Waals surface area contributed by atoms with Crippen LogP contribution in [0.2, 0.25) is 0 Å². The number of aromatic nitrogens is 4. The molecule has 8 heteroatoms. The van der Waals surface area contributed by atoms with Crippen molar-refractivity contribution in [3.05, 3.63) is 60.2 Å². The molecule has 0 amide bonds. The molecule has 4 aromatic rings. The standard InChI is InChI=1S/C18H15FN4O2S/c1-2-24-14-7-3-12(4-8-14)17-22-23-16(20-21-18(23)26-17)11-25-15-9-5-13(19)6-10-15/h3-10H,2,11H2,1H3. The summed E-state index contributed by atoms with van der Waals surface area (Å²) in [5.41, 5.74) is 0.981. The second-order valence-corrected chi connectivity index (χ2v) is 6.37. The van der Waals surface area contributed by atoms with Crippen LogP contribution in [0, 0.1) is 5.82 Å². The fourth-order valence-electron chi connectivity index (χ4n) is 2.40. The molecular formula is C18H15FN4O2S. The lowest BCUT2D eigenvalue weighted by atomic mass is 10.2. The van der Waals surface area contributed by atoms with Crippen molar-refractivity contribution in [3.8, 4) is 22.1 Å². The molecule has 26 heavy (non-hydrogen) atoms. The predicted octanol–water partition coefficient (Wildman–Crippen LogP) is 3.97. The molecule has 0 atom stereocenters. The maximum absolute atomic E-state index is 12.9. The van der Waals surface area contributed by atoms with E-state index in [9.17, 15) is 4.39 Å². The maximum Gasteiger partial charge on any atom is 0.235 e. The molecule has 0 fully saturated rings. The summed E-state index contributed by atoms with van der Waals surface area (Å²) in [5.74, 6) is 1.66. The van der Waals surface area contributed by atoms with E-state index in [1.54, 1.807) is 16.6 Å². The number of nitrogens with zero attached hydrogens (tertiary/aromatic N) is 4. The van der Waals surface area contributed by atoms with Crippen LogP contribution in [0.15, 0.2) is 48.5 Å². The minimum Gasteiger partial charge on any atom is -0.494 e. The van der Waals surface area contributed by atoms with Crippen LogP contribution in [0.25, 0.3) is 15.5 Å². The van der Waals surface area contributed by atoms with Gasteiger partial charge in [0.25, 0.3) is 0 Å². The molecule has 0 N–H and O–H groups in total. The molecular weight excluding hydrogens is 355 g/mol. The summed E-state index contributed by atoms with van der Waals surface area (Å²) in [7, 11) is 0. The molecule has 0 aliphatic heterocycles. The molecule has 0 bridgehead atoms. The Hall–Kier alpha value is -3.00. The third-order valence-corrected chi connectivity index (χ3v) is 4.60. The van der Waals surface area contributed by atoms with Gasteiger partial charge in [-0.25, -0.2) is 4.39 Å². The van der Waals surface area contributed by atoms with Crippen LogP contribution in [0.4, 0.5) is 4.39 Å². The highest BCUT2D eigenvalue weighted by Gasteiger charge is 2.13. The first kappa shape index (κ1) is 16.5. The zero-order valence-electron chi connectivity index (χ0n) is 13.9. The molecule has 0 aliphatic carbocycles. The number of hydrogen-bond donors (Lipinski definition) is 0. The van der Waals surface area contributed by atoms with Crippen molar-refractivity contribution < 1.29 is 13.9 Å². The lowest BCUT2D eigenvalue weighted by Crippen LogP contribution is -2.02. The molecule has 6 nitrogen and oxygen atoms in total. The van der Waals surface area contributed by atoms with Gasteiger partial charge in [0.15, 0.2) is 5.82 Å². The molecule has 0 unspecified atom stereocenters. The molecule has 2 aromatic carbocycles. The third kappa shape index (κ3) is 3.36. The highest BCUT2D eigenvalue weighted by molar-refractivity contribution is 7.19. The fraction of sp³-hybridized carbons (Fsp3) is 0.167. The second-order valence-electron chi connectivity index (χ2n) is 5.42. The normalized spacial score (nSPS) is 11.0. The van der Waals surface area contributed by atoms with E-state index >= 15 is 0 Å². The molecule has 2 aromatic heterocycles. The van der Waals surface area contributed by atoms with Crippen LogP contribution in [-0.4, -0.2) is 26.4 Å². The molecule has 0 radical (unpaired) electrons. The number of ether oxygens (including phenoxy) is 2. The monoisotopic (exact) mass is 370 g/mol. The van der Waals surface area contributed by atoms with Crippen LogP contribution in [0.1, 0.15) is 12.7 Å². The van der Waals surface area contributed by atoms with Gasteiger partial charge in [-0.15, -0.1) is 10.2 Å². The smallest absolute Gasteiger partial charge is 0.235 e. The Balaban J connectivity index is 1.53. The number of rotatable bonds is 6. The summed E-state index contributed by atoms with van der Waals surface area (Å²) in [6.07, 6.45) is 0. The van der Waals surface area contributed by atoms with Gasteiger partial charge in [-0.2, -0.15) is 9.61 Å². The van der Waals surface area contributed by atoms with Crippen LogP contribution < -0.4 is 9.47 Å². The van der Waals surface area contributed by atoms with Gasteiger partial charge in [0.1, 0.15) is 28.9 Å². The van der Waals surface area contributed by atoms with E-state index in [2.05, 4.69) is 15.3 Å².